The molecule has 7 nitrogen and oxygen atoms in total. The molecule has 3 N–H and O–H groups in total. The van der Waals surface area contributed by atoms with Gasteiger partial charge in [-0.1, -0.05) is 30.3 Å². The Hall–Kier alpha value is -3.45. The van der Waals surface area contributed by atoms with Crippen LogP contribution in [-0.4, -0.2) is 38.8 Å². The second kappa shape index (κ2) is 7.43. The van der Waals surface area contributed by atoms with E-state index in [1.54, 1.807) is 19.5 Å². The van der Waals surface area contributed by atoms with Crippen LogP contribution in [0.2, 0.25) is 0 Å². The van der Waals surface area contributed by atoms with Crippen LogP contribution < -0.4 is 10.1 Å². The van der Waals surface area contributed by atoms with Crippen LogP contribution in [0.1, 0.15) is 11.6 Å². The Bertz CT molecular complexity index is 1050. The summed E-state index contributed by atoms with van der Waals surface area (Å²) < 4.78 is 5.40. The molecule has 0 aliphatic rings. The molecular weight excluding hydrogens is 342 g/mol. The van der Waals surface area contributed by atoms with Gasteiger partial charge in [-0.3, -0.25) is 4.98 Å². The van der Waals surface area contributed by atoms with Crippen molar-refractivity contribution in [2.75, 3.05) is 19.0 Å². The maximum atomic E-state index is 9.83. The fraction of sp³-hybridized carbons (Fsp3) is 0.150. The van der Waals surface area contributed by atoms with Gasteiger partial charge in [0.25, 0.3) is 0 Å². The molecule has 0 spiro atoms. The number of hydrogen-bond donors (Lipinski definition) is 3. The van der Waals surface area contributed by atoms with E-state index in [4.69, 9.17) is 4.74 Å². The fourth-order valence-electron chi connectivity index (χ4n) is 3.05. The first-order valence-electron chi connectivity index (χ1n) is 8.54. The Balaban J connectivity index is 1.73. The number of aromatic amines is 1. The van der Waals surface area contributed by atoms with Crippen molar-refractivity contribution >= 4 is 16.9 Å². The quantitative estimate of drug-likeness (QED) is 0.488. The number of aliphatic hydroxyl groups is 1. The highest BCUT2D eigenvalue weighted by molar-refractivity contribution is 5.92. The predicted octanol–water partition coefficient (Wildman–Crippen LogP) is 3.17. The van der Waals surface area contributed by atoms with Gasteiger partial charge in [0.2, 0.25) is 0 Å². The van der Waals surface area contributed by atoms with Crippen LogP contribution in [0.4, 0.5) is 5.82 Å². The number of nitrogens with zero attached hydrogens (tertiary/aromatic N) is 3. The third-order valence-electron chi connectivity index (χ3n) is 4.42. The lowest BCUT2D eigenvalue weighted by Gasteiger charge is -2.17. The molecule has 0 radical (unpaired) electrons. The molecule has 0 saturated carbocycles. The molecule has 4 rings (SSSR count). The van der Waals surface area contributed by atoms with Crippen molar-refractivity contribution in [2.45, 2.75) is 6.04 Å². The number of pyridine rings is 1. The molecule has 27 heavy (non-hydrogen) atoms. The van der Waals surface area contributed by atoms with Gasteiger partial charge in [0.05, 0.1) is 37.0 Å². The Morgan fingerprint density at radius 1 is 1.19 bits per heavy atom. The van der Waals surface area contributed by atoms with Gasteiger partial charge in [-0.05, 0) is 17.7 Å². The lowest BCUT2D eigenvalue weighted by molar-refractivity contribution is 0.276. The van der Waals surface area contributed by atoms with Crippen molar-refractivity contribution < 1.29 is 9.84 Å². The number of hydrogen-bond acceptors (Lipinski definition) is 6. The smallest absolute Gasteiger partial charge is 0.146 e. The van der Waals surface area contributed by atoms with Gasteiger partial charge in [0.1, 0.15) is 23.5 Å². The molecule has 0 bridgehead atoms. The van der Waals surface area contributed by atoms with Gasteiger partial charge in [-0.25, -0.2) is 9.97 Å². The number of fused-ring (bicyclic) bond motifs is 1. The number of rotatable bonds is 6. The average Bonchev–Trinajstić information content (AvgIpc) is 3.17. The SMILES string of the molecule is COc1cnccc1-c1cc2c(N[C@H](CO)c3ccccc3)ncnc2[nH]1. The number of ether oxygens (including phenoxy) is 1. The van der Waals surface area contributed by atoms with E-state index in [0.717, 1.165) is 22.2 Å². The molecule has 1 atom stereocenters. The van der Waals surface area contributed by atoms with Gasteiger partial charge in [-0.15, -0.1) is 0 Å². The molecule has 0 aliphatic carbocycles. The highest BCUT2D eigenvalue weighted by Gasteiger charge is 2.16. The van der Waals surface area contributed by atoms with Crippen LogP contribution >= 0.6 is 0 Å². The molecule has 0 unspecified atom stereocenters. The second-order valence-electron chi connectivity index (χ2n) is 6.03. The van der Waals surface area contributed by atoms with E-state index in [0.29, 0.717) is 17.2 Å². The highest BCUT2D eigenvalue weighted by Crippen LogP contribution is 2.32. The third-order valence-corrected chi connectivity index (χ3v) is 4.42. The maximum absolute atomic E-state index is 9.83. The van der Waals surface area contributed by atoms with Crippen molar-refractivity contribution in [3.05, 3.63) is 66.7 Å². The minimum absolute atomic E-state index is 0.0506. The molecule has 0 amide bonds. The van der Waals surface area contributed by atoms with Crippen molar-refractivity contribution in [1.29, 1.82) is 0 Å². The summed E-state index contributed by atoms with van der Waals surface area (Å²) in [6.45, 7) is -0.0506. The second-order valence-corrected chi connectivity index (χ2v) is 6.03. The van der Waals surface area contributed by atoms with Crippen molar-refractivity contribution in [1.82, 2.24) is 19.9 Å². The molecule has 136 valence electrons. The molecule has 3 heterocycles. The van der Waals surface area contributed by atoms with E-state index in [1.165, 1.54) is 6.33 Å². The first-order chi connectivity index (χ1) is 13.3. The van der Waals surface area contributed by atoms with Crippen LogP contribution in [0, 0.1) is 0 Å². The van der Waals surface area contributed by atoms with Gasteiger partial charge in [-0.2, -0.15) is 0 Å². The minimum atomic E-state index is -0.266. The Kier molecular flexibility index (Phi) is 4.67. The molecule has 4 aromatic rings. The number of nitrogens with one attached hydrogen (secondary N) is 2. The van der Waals surface area contributed by atoms with Gasteiger partial charge >= 0.3 is 0 Å². The van der Waals surface area contributed by atoms with Crippen LogP contribution in [0.15, 0.2) is 61.2 Å². The summed E-state index contributed by atoms with van der Waals surface area (Å²) in [5, 5.41) is 14.0. The Morgan fingerprint density at radius 2 is 2.04 bits per heavy atom. The molecular formula is C20H19N5O2. The zero-order valence-corrected chi connectivity index (χ0v) is 14.8. The maximum Gasteiger partial charge on any atom is 0.146 e. The summed E-state index contributed by atoms with van der Waals surface area (Å²) in [5.41, 5.74) is 3.43. The van der Waals surface area contributed by atoms with E-state index >= 15 is 0 Å². The number of benzene rings is 1. The summed E-state index contributed by atoms with van der Waals surface area (Å²) in [5.74, 6) is 1.32. The normalized spacial score (nSPS) is 12.1. The first-order valence-corrected chi connectivity index (χ1v) is 8.54. The molecule has 7 heteroatoms. The largest absolute Gasteiger partial charge is 0.494 e. The number of aromatic nitrogens is 4. The molecule has 1 aromatic carbocycles. The number of H-pyrrole nitrogens is 1. The highest BCUT2D eigenvalue weighted by atomic mass is 16.5. The van der Waals surface area contributed by atoms with E-state index in [1.807, 2.05) is 42.5 Å². The summed E-state index contributed by atoms with van der Waals surface area (Å²) in [7, 11) is 1.61. The number of aliphatic hydroxyl groups excluding tert-OH is 1. The molecule has 0 aliphatic heterocycles. The van der Waals surface area contributed by atoms with Gasteiger partial charge < -0.3 is 20.1 Å². The van der Waals surface area contributed by atoms with Crippen molar-refractivity contribution in [3.8, 4) is 17.0 Å². The lowest BCUT2D eigenvalue weighted by Crippen LogP contribution is -2.15. The lowest BCUT2D eigenvalue weighted by atomic mass is 10.1. The number of methoxy groups -OCH3 is 1. The molecule has 0 fully saturated rings. The Morgan fingerprint density at radius 3 is 2.81 bits per heavy atom. The summed E-state index contributed by atoms with van der Waals surface area (Å²) in [4.78, 5) is 16.1. The first kappa shape index (κ1) is 17.0. The monoisotopic (exact) mass is 361 g/mol. The van der Waals surface area contributed by atoms with E-state index in [9.17, 15) is 5.11 Å². The van der Waals surface area contributed by atoms with Gasteiger partial charge in [0, 0.05) is 11.8 Å². The molecule has 0 saturated heterocycles. The van der Waals surface area contributed by atoms with Crippen LogP contribution in [0.25, 0.3) is 22.3 Å². The van der Waals surface area contributed by atoms with Crippen LogP contribution in [-0.2, 0) is 0 Å². The van der Waals surface area contributed by atoms with Gasteiger partial charge in [0.15, 0.2) is 0 Å². The van der Waals surface area contributed by atoms with Crippen LogP contribution in [0.5, 0.6) is 5.75 Å². The summed E-state index contributed by atoms with van der Waals surface area (Å²) in [6.07, 6.45) is 4.88. The fourth-order valence-corrected chi connectivity index (χ4v) is 3.05. The standard InChI is InChI=1S/C20H19N5O2/c1-27-18-10-21-8-7-14(18)16-9-15-19(24-16)22-12-23-20(15)25-17(11-26)13-5-3-2-4-6-13/h2-10,12,17,26H,11H2,1H3,(H2,22,23,24,25)/t17-/m1/s1. The molecule has 3 aromatic heterocycles. The van der Waals surface area contributed by atoms with Crippen molar-refractivity contribution in [2.24, 2.45) is 0 Å². The van der Waals surface area contributed by atoms with Crippen molar-refractivity contribution in [3.63, 3.8) is 0 Å². The van der Waals surface area contributed by atoms with E-state index in [2.05, 4.69) is 25.3 Å². The third kappa shape index (κ3) is 3.32. The summed E-state index contributed by atoms with van der Waals surface area (Å²) >= 11 is 0. The van der Waals surface area contributed by atoms with E-state index in [-0.39, 0.29) is 12.6 Å². The minimum Gasteiger partial charge on any atom is -0.494 e. The Labute approximate surface area is 156 Å². The van der Waals surface area contributed by atoms with E-state index < -0.39 is 0 Å². The predicted molar refractivity (Wildman–Crippen MR) is 104 cm³/mol. The zero-order valence-electron chi connectivity index (χ0n) is 14.8. The van der Waals surface area contributed by atoms with Crippen LogP contribution in [0.3, 0.4) is 0 Å². The topological polar surface area (TPSA) is 95.9 Å². The average molecular weight is 361 g/mol. The summed E-state index contributed by atoms with van der Waals surface area (Å²) in [6, 6.07) is 13.4. The number of anilines is 1. The zero-order chi connectivity index (χ0) is 18.6.